The smallest absolute Gasteiger partial charge is 0.196 e. The van der Waals surface area contributed by atoms with Gasteiger partial charge in [-0.15, -0.1) is 0 Å². The van der Waals surface area contributed by atoms with Crippen molar-refractivity contribution in [1.82, 2.24) is 4.98 Å². The van der Waals surface area contributed by atoms with E-state index < -0.39 is 0 Å². The molecule has 0 aliphatic heterocycles. The highest BCUT2D eigenvalue weighted by Gasteiger charge is 2.12. The number of carbonyl (C=O) groups is 1. The van der Waals surface area contributed by atoms with Crippen LogP contribution < -0.4 is 4.74 Å². The molecule has 0 radical (unpaired) electrons. The first kappa shape index (κ1) is 11.6. The predicted octanol–water partition coefficient (Wildman–Crippen LogP) is 2.97. The van der Waals surface area contributed by atoms with Crippen molar-refractivity contribution in [3.05, 3.63) is 58.9 Å². The Balaban J connectivity index is 2.34. The minimum Gasteiger partial charge on any atom is -0.497 e. The molecule has 17 heavy (non-hydrogen) atoms. The van der Waals surface area contributed by atoms with E-state index in [4.69, 9.17) is 16.3 Å². The summed E-state index contributed by atoms with van der Waals surface area (Å²) in [5, 5.41) is 0.404. The number of ketones is 1. The van der Waals surface area contributed by atoms with E-state index in [9.17, 15) is 4.79 Å². The highest BCUT2D eigenvalue weighted by Crippen LogP contribution is 2.19. The Hall–Kier alpha value is -1.87. The van der Waals surface area contributed by atoms with Gasteiger partial charge in [0, 0.05) is 18.0 Å². The summed E-state index contributed by atoms with van der Waals surface area (Å²) in [6, 6.07) is 8.46. The van der Waals surface area contributed by atoms with Crippen molar-refractivity contribution in [3.8, 4) is 5.75 Å². The molecule has 1 aromatic carbocycles. The van der Waals surface area contributed by atoms with Gasteiger partial charge in [0.2, 0.25) is 0 Å². The van der Waals surface area contributed by atoms with Crippen molar-refractivity contribution in [1.29, 1.82) is 0 Å². The summed E-state index contributed by atoms with van der Waals surface area (Å²) in [6.07, 6.45) is 3.02. The molecule has 2 aromatic rings. The molecule has 0 atom stereocenters. The van der Waals surface area contributed by atoms with Crippen LogP contribution in [-0.2, 0) is 0 Å². The Kier molecular flexibility index (Phi) is 3.40. The van der Waals surface area contributed by atoms with Gasteiger partial charge in [-0.25, -0.2) is 0 Å². The molecule has 0 amide bonds. The zero-order valence-electron chi connectivity index (χ0n) is 9.18. The number of methoxy groups -OCH3 is 1. The number of aromatic nitrogens is 1. The molecule has 0 saturated heterocycles. The Labute approximate surface area is 104 Å². The monoisotopic (exact) mass is 247 g/mol. The van der Waals surface area contributed by atoms with E-state index in [1.807, 2.05) is 0 Å². The minimum absolute atomic E-state index is 0.147. The predicted molar refractivity (Wildman–Crippen MR) is 65.7 cm³/mol. The number of pyridine rings is 1. The van der Waals surface area contributed by atoms with Crippen molar-refractivity contribution in [3.63, 3.8) is 0 Å². The van der Waals surface area contributed by atoms with Gasteiger partial charge in [0.05, 0.1) is 17.7 Å². The highest BCUT2D eigenvalue weighted by molar-refractivity contribution is 6.34. The van der Waals surface area contributed by atoms with Gasteiger partial charge in [0.15, 0.2) is 5.78 Å². The van der Waals surface area contributed by atoms with Gasteiger partial charge in [-0.1, -0.05) is 11.6 Å². The van der Waals surface area contributed by atoms with E-state index in [0.29, 0.717) is 21.9 Å². The van der Waals surface area contributed by atoms with Gasteiger partial charge < -0.3 is 4.74 Å². The van der Waals surface area contributed by atoms with Crippen LogP contribution in [0.4, 0.5) is 0 Å². The van der Waals surface area contributed by atoms with Gasteiger partial charge in [-0.2, -0.15) is 0 Å². The first-order valence-electron chi connectivity index (χ1n) is 5.00. The van der Waals surface area contributed by atoms with Crippen molar-refractivity contribution in [2.75, 3.05) is 7.11 Å². The Morgan fingerprint density at radius 1 is 1.24 bits per heavy atom. The zero-order chi connectivity index (χ0) is 12.3. The zero-order valence-corrected chi connectivity index (χ0v) is 9.94. The largest absolute Gasteiger partial charge is 0.497 e. The number of rotatable bonds is 3. The maximum Gasteiger partial charge on any atom is 0.196 e. The molecule has 0 fully saturated rings. The van der Waals surface area contributed by atoms with Crippen LogP contribution in [0, 0.1) is 0 Å². The summed E-state index contributed by atoms with van der Waals surface area (Å²) < 4.78 is 5.03. The van der Waals surface area contributed by atoms with Crippen LogP contribution in [0.25, 0.3) is 0 Å². The SMILES string of the molecule is COc1ccc(C(=O)c2cnccc2Cl)cc1. The third kappa shape index (κ3) is 2.45. The quantitative estimate of drug-likeness (QED) is 0.783. The van der Waals surface area contributed by atoms with Crippen molar-refractivity contribution >= 4 is 17.4 Å². The van der Waals surface area contributed by atoms with E-state index in [1.54, 1.807) is 43.6 Å². The summed E-state index contributed by atoms with van der Waals surface area (Å²) in [6.45, 7) is 0. The second-order valence-electron chi connectivity index (χ2n) is 3.41. The van der Waals surface area contributed by atoms with E-state index in [-0.39, 0.29) is 5.78 Å². The molecule has 1 aromatic heterocycles. The molecule has 2 rings (SSSR count). The molecule has 0 bridgehead atoms. The maximum atomic E-state index is 12.1. The Bertz CT molecular complexity index is 537. The average Bonchev–Trinajstić information content (AvgIpc) is 2.39. The number of nitrogens with zero attached hydrogens (tertiary/aromatic N) is 1. The van der Waals surface area contributed by atoms with Crippen LogP contribution in [0.1, 0.15) is 15.9 Å². The average molecular weight is 248 g/mol. The fourth-order valence-corrected chi connectivity index (χ4v) is 1.63. The molecule has 0 aliphatic carbocycles. The summed E-state index contributed by atoms with van der Waals surface area (Å²) in [5.41, 5.74) is 0.958. The summed E-state index contributed by atoms with van der Waals surface area (Å²) in [4.78, 5) is 16.0. The van der Waals surface area contributed by atoms with Crippen LogP contribution in [-0.4, -0.2) is 17.9 Å². The number of benzene rings is 1. The van der Waals surface area contributed by atoms with Crippen molar-refractivity contribution in [2.45, 2.75) is 0 Å². The van der Waals surface area contributed by atoms with Crippen LogP contribution in [0.3, 0.4) is 0 Å². The number of carbonyl (C=O) groups excluding carboxylic acids is 1. The van der Waals surface area contributed by atoms with Gasteiger partial charge in [0.1, 0.15) is 5.75 Å². The lowest BCUT2D eigenvalue weighted by atomic mass is 10.1. The highest BCUT2D eigenvalue weighted by atomic mass is 35.5. The molecule has 86 valence electrons. The molecule has 0 unspecified atom stereocenters. The Morgan fingerprint density at radius 2 is 1.94 bits per heavy atom. The fraction of sp³-hybridized carbons (Fsp3) is 0.0769. The molecule has 0 N–H and O–H groups in total. The van der Waals surface area contributed by atoms with Crippen LogP contribution >= 0.6 is 11.6 Å². The maximum absolute atomic E-state index is 12.1. The summed E-state index contributed by atoms with van der Waals surface area (Å²) in [5.74, 6) is 0.560. The standard InChI is InChI=1S/C13H10ClNO2/c1-17-10-4-2-9(3-5-10)13(16)11-8-15-7-6-12(11)14/h2-8H,1H3. The second kappa shape index (κ2) is 4.97. The summed E-state index contributed by atoms with van der Waals surface area (Å²) in [7, 11) is 1.58. The van der Waals surface area contributed by atoms with E-state index in [2.05, 4.69) is 4.98 Å². The Morgan fingerprint density at radius 3 is 2.53 bits per heavy atom. The number of halogens is 1. The van der Waals surface area contributed by atoms with E-state index in [0.717, 1.165) is 0 Å². The lowest BCUT2D eigenvalue weighted by Crippen LogP contribution is -2.02. The molecular weight excluding hydrogens is 238 g/mol. The van der Waals surface area contributed by atoms with Crippen LogP contribution in [0.15, 0.2) is 42.7 Å². The van der Waals surface area contributed by atoms with E-state index >= 15 is 0 Å². The molecule has 0 saturated carbocycles. The van der Waals surface area contributed by atoms with Gasteiger partial charge in [-0.05, 0) is 30.3 Å². The van der Waals surface area contributed by atoms with Crippen LogP contribution in [0.2, 0.25) is 5.02 Å². The number of hydrogen-bond acceptors (Lipinski definition) is 3. The lowest BCUT2D eigenvalue weighted by Gasteiger charge is -2.04. The van der Waals surface area contributed by atoms with Crippen LogP contribution in [0.5, 0.6) is 5.75 Å². The van der Waals surface area contributed by atoms with Gasteiger partial charge in [-0.3, -0.25) is 9.78 Å². The normalized spacial score (nSPS) is 10.0. The minimum atomic E-state index is -0.147. The lowest BCUT2D eigenvalue weighted by molar-refractivity contribution is 0.103. The third-order valence-corrected chi connectivity index (χ3v) is 2.69. The second-order valence-corrected chi connectivity index (χ2v) is 3.82. The van der Waals surface area contributed by atoms with Gasteiger partial charge in [0.25, 0.3) is 0 Å². The topological polar surface area (TPSA) is 39.2 Å². The van der Waals surface area contributed by atoms with Crippen molar-refractivity contribution in [2.24, 2.45) is 0 Å². The van der Waals surface area contributed by atoms with Crippen molar-refractivity contribution < 1.29 is 9.53 Å². The molecule has 0 spiro atoms. The number of ether oxygens (including phenoxy) is 1. The molecule has 1 heterocycles. The van der Waals surface area contributed by atoms with Gasteiger partial charge >= 0.3 is 0 Å². The first-order valence-corrected chi connectivity index (χ1v) is 5.38. The molecular formula is C13H10ClNO2. The first-order chi connectivity index (χ1) is 8.22. The van der Waals surface area contributed by atoms with E-state index in [1.165, 1.54) is 6.20 Å². The number of hydrogen-bond donors (Lipinski definition) is 0. The third-order valence-electron chi connectivity index (χ3n) is 2.36. The molecule has 3 nitrogen and oxygen atoms in total. The fourth-order valence-electron chi connectivity index (χ4n) is 1.44. The molecule has 4 heteroatoms. The summed E-state index contributed by atoms with van der Waals surface area (Å²) >= 11 is 5.94. The molecule has 0 aliphatic rings.